The summed E-state index contributed by atoms with van der Waals surface area (Å²) < 4.78 is 0. The minimum absolute atomic E-state index is 0.113. The molecule has 0 amide bonds. The van der Waals surface area contributed by atoms with Gasteiger partial charge in [0.1, 0.15) is 0 Å². The number of aliphatic hydroxyl groups excluding tert-OH is 1. The van der Waals surface area contributed by atoms with Crippen LogP contribution in [-0.4, -0.2) is 47.8 Å². The van der Waals surface area contributed by atoms with E-state index in [1.54, 1.807) is 0 Å². The van der Waals surface area contributed by atoms with E-state index in [1.165, 1.54) is 58.2 Å². The van der Waals surface area contributed by atoms with Gasteiger partial charge >= 0.3 is 0 Å². The normalized spacial score (nSPS) is 36.0. The Hall–Kier alpha value is -0.120. The molecule has 0 bridgehead atoms. The molecule has 1 aliphatic heterocycles. The highest BCUT2D eigenvalue weighted by molar-refractivity contribution is 4.84. The zero-order chi connectivity index (χ0) is 12.8. The van der Waals surface area contributed by atoms with Crippen LogP contribution in [0.4, 0.5) is 0 Å². The van der Waals surface area contributed by atoms with Crippen LogP contribution in [0.2, 0.25) is 0 Å². The number of aliphatic hydroxyl groups is 1. The molecule has 1 heterocycles. The fourth-order valence-electron chi connectivity index (χ4n) is 3.42. The van der Waals surface area contributed by atoms with Gasteiger partial charge in [0.15, 0.2) is 0 Å². The SMILES string of the molecule is CCN1CCCC(NC2CCCCCC2O)CC1. The lowest BCUT2D eigenvalue weighted by atomic mass is 10.0. The number of likely N-dealkylation sites (tertiary alicyclic amines) is 1. The second-order valence-corrected chi connectivity index (χ2v) is 6.04. The summed E-state index contributed by atoms with van der Waals surface area (Å²) in [5, 5.41) is 13.9. The van der Waals surface area contributed by atoms with Gasteiger partial charge in [0.2, 0.25) is 0 Å². The number of rotatable bonds is 3. The fraction of sp³-hybridized carbons (Fsp3) is 1.00. The van der Waals surface area contributed by atoms with Crippen LogP contribution < -0.4 is 5.32 Å². The molecule has 1 aliphatic carbocycles. The molecule has 1 saturated heterocycles. The van der Waals surface area contributed by atoms with E-state index in [9.17, 15) is 5.11 Å². The van der Waals surface area contributed by atoms with Crippen LogP contribution in [0.25, 0.3) is 0 Å². The van der Waals surface area contributed by atoms with Gasteiger partial charge in [-0.3, -0.25) is 0 Å². The highest BCUT2D eigenvalue weighted by Gasteiger charge is 2.25. The fourth-order valence-corrected chi connectivity index (χ4v) is 3.42. The van der Waals surface area contributed by atoms with Crippen molar-refractivity contribution in [2.45, 2.75) is 76.5 Å². The van der Waals surface area contributed by atoms with Gasteiger partial charge in [0.25, 0.3) is 0 Å². The molecule has 3 heteroatoms. The highest BCUT2D eigenvalue weighted by atomic mass is 16.3. The van der Waals surface area contributed by atoms with E-state index in [0.29, 0.717) is 12.1 Å². The van der Waals surface area contributed by atoms with E-state index in [4.69, 9.17) is 0 Å². The molecule has 2 N–H and O–H groups in total. The monoisotopic (exact) mass is 254 g/mol. The predicted molar refractivity (Wildman–Crippen MR) is 75.8 cm³/mol. The number of hydrogen-bond acceptors (Lipinski definition) is 3. The first-order valence-corrected chi connectivity index (χ1v) is 7.96. The third-order valence-electron chi connectivity index (χ3n) is 4.70. The third kappa shape index (κ3) is 4.22. The molecule has 0 aromatic carbocycles. The molecule has 3 unspecified atom stereocenters. The Bertz CT molecular complexity index is 235. The first kappa shape index (κ1) is 14.3. The van der Waals surface area contributed by atoms with Crippen LogP contribution in [0, 0.1) is 0 Å². The van der Waals surface area contributed by atoms with Gasteiger partial charge in [-0.2, -0.15) is 0 Å². The molecule has 1 saturated carbocycles. The standard InChI is InChI=1S/C15H30N2O/c1-2-17-11-6-7-13(10-12-17)16-14-8-4-3-5-9-15(14)18/h13-16,18H,2-12H2,1H3. The van der Waals surface area contributed by atoms with Crippen molar-refractivity contribution in [1.82, 2.24) is 10.2 Å². The molecule has 2 rings (SSSR count). The van der Waals surface area contributed by atoms with Crippen molar-refractivity contribution in [3.63, 3.8) is 0 Å². The van der Waals surface area contributed by atoms with Crippen LogP contribution in [-0.2, 0) is 0 Å². The summed E-state index contributed by atoms with van der Waals surface area (Å²) >= 11 is 0. The average Bonchev–Trinajstić information content (AvgIpc) is 2.72. The molecule has 0 aromatic rings. The van der Waals surface area contributed by atoms with Crippen molar-refractivity contribution >= 4 is 0 Å². The molecule has 18 heavy (non-hydrogen) atoms. The van der Waals surface area contributed by atoms with Gasteiger partial charge in [-0.1, -0.05) is 26.2 Å². The largest absolute Gasteiger partial charge is 0.392 e. The zero-order valence-electron chi connectivity index (χ0n) is 11.9. The Labute approximate surface area is 112 Å². The minimum Gasteiger partial charge on any atom is -0.392 e. The maximum atomic E-state index is 10.2. The minimum atomic E-state index is -0.113. The molecule has 2 fully saturated rings. The van der Waals surface area contributed by atoms with Crippen molar-refractivity contribution in [2.24, 2.45) is 0 Å². The van der Waals surface area contributed by atoms with Gasteiger partial charge in [-0.05, 0) is 51.7 Å². The van der Waals surface area contributed by atoms with Crippen molar-refractivity contribution in [2.75, 3.05) is 19.6 Å². The summed E-state index contributed by atoms with van der Waals surface area (Å²) in [5.74, 6) is 0. The smallest absolute Gasteiger partial charge is 0.0693 e. The zero-order valence-corrected chi connectivity index (χ0v) is 11.9. The molecular weight excluding hydrogens is 224 g/mol. The Morgan fingerprint density at radius 1 is 1.00 bits per heavy atom. The maximum absolute atomic E-state index is 10.2. The van der Waals surface area contributed by atoms with Crippen LogP contribution in [0.3, 0.4) is 0 Å². The molecule has 0 spiro atoms. The Morgan fingerprint density at radius 2 is 1.83 bits per heavy atom. The summed E-state index contributed by atoms with van der Waals surface area (Å²) in [5.41, 5.74) is 0. The summed E-state index contributed by atoms with van der Waals surface area (Å²) in [6.07, 6.45) is 9.64. The van der Waals surface area contributed by atoms with E-state index in [-0.39, 0.29) is 6.10 Å². The van der Waals surface area contributed by atoms with E-state index < -0.39 is 0 Å². The van der Waals surface area contributed by atoms with Crippen LogP contribution >= 0.6 is 0 Å². The number of nitrogens with one attached hydrogen (secondary N) is 1. The molecule has 2 aliphatic rings. The molecule has 3 nitrogen and oxygen atoms in total. The summed E-state index contributed by atoms with van der Waals surface area (Å²) in [4.78, 5) is 2.55. The van der Waals surface area contributed by atoms with E-state index in [2.05, 4.69) is 17.1 Å². The van der Waals surface area contributed by atoms with E-state index >= 15 is 0 Å². The Morgan fingerprint density at radius 3 is 2.67 bits per heavy atom. The number of nitrogens with zero attached hydrogens (tertiary/aromatic N) is 1. The summed E-state index contributed by atoms with van der Waals surface area (Å²) in [7, 11) is 0. The van der Waals surface area contributed by atoms with Crippen LogP contribution in [0.15, 0.2) is 0 Å². The first-order chi connectivity index (χ1) is 8.79. The lowest BCUT2D eigenvalue weighted by Crippen LogP contribution is -2.45. The maximum Gasteiger partial charge on any atom is 0.0693 e. The van der Waals surface area contributed by atoms with Crippen molar-refractivity contribution in [3.05, 3.63) is 0 Å². The first-order valence-electron chi connectivity index (χ1n) is 7.96. The highest BCUT2D eigenvalue weighted by Crippen LogP contribution is 2.20. The number of hydrogen-bond donors (Lipinski definition) is 2. The average molecular weight is 254 g/mol. The summed E-state index contributed by atoms with van der Waals surface area (Å²) in [6.45, 7) is 5.90. The predicted octanol–water partition coefficient (Wildman–Crippen LogP) is 2.14. The Kier molecular flexibility index (Phi) is 5.93. The van der Waals surface area contributed by atoms with E-state index in [0.717, 1.165) is 12.8 Å². The van der Waals surface area contributed by atoms with Gasteiger partial charge in [-0.25, -0.2) is 0 Å². The topological polar surface area (TPSA) is 35.5 Å². The van der Waals surface area contributed by atoms with Crippen molar-refractivity contribution in [1.29, 1.82) is 0 Å². The van der Waals surface area contributed by atoms with Crippen LogP contribution in [0.5, 0.6) is 0 Å². The lowest BCUT2D eigenvalue weighted by molar-refractivity contribution is 0.112. The van der Waals surface area contributed by atoms with Gasteiger partial charge < -0.3 is 15.3 Å². The second kappa shape index (κ2) is 7.46. The lowest BCUT2D eigenvalue weighted by Gasteiger charge is -2.27. The van der Waals surface area contributed by atoms with E-state index in [1.807, 2.05) is 0 Å². The molecule has 0 aromatic heterocycles. The second-order valence-electron chi connectivity index (χ2n) is 6.04. The molecule has 0 radical (unpaired) electrons. The van der Waals surface area contributed by atoms with Gasteiger partial charge in [-0.15, -0.1) is 0 Å². The van der Waals surface area contributed by atoms with Crippen LogP contribution in [0.1, 0.15) is 58.3 Å². The molecular formula is C15H30N2O. The summed E-state index contributed by atoms with van der Waals surface area (Å²) in [6, 6.07) is 0.977. The third-order valence-corrected chi connectivity index (χ3v) is 4.70. The Balaban J connectivity index is 1.80. The van der Waals surface area contributed by atoms with Gasteiger partial charge in [0, 0.05) is 12.1 Å². The molecule has 106 valence electrons. The van der Waals surface area contributed by atoms with Gasteiger partial charge in [0.05, 0.1) is 6.10 Å². The van der Waals surface area contributed by atoms with Crippen molar-refractivity contribution < 1.29 is 5.11 Å². The quantitative estimate of drug-likeness (QED) is 0.758. The molecule has 3 atom stereocenters. The van der Waals surface area contributed by atoms with Crippen molar-refractivity contribution in [3.8, 4) is 0 Å².